The van der Waals surface area contributed by atoms with E-state index in [-0.39, 0.29) is 48.4 Å². The van der Waals surface area contributed by atoms with Crippen LogP contribution in [0.1, 0.15) is 33.6 Å². The average molecular weight is 216 g/mol. The number of rotatable bonds is 5. The van der Waals surface area contributed by atoms with E-state index in [0.29, 0.717) is 6.42 Å². The fraction of sp³-hybridized carbons (Fsp3) is 0.778. The normalized spacial score (nSPS) is 11.9. The molecule has 0 fully saturated rings. The zero-order chi connectivity index (χ0) is 10.6. The Morgan fingerprint density at radius 2 is 1.60 bits per heavy atom. The van der Waals surface area contributed by atoms with E-state index in [4.69, 9.17) is 0 Å². The van der Waals surface area contributed by atoms with Gasteiger partial charge in [-0.15, -0.1) is 0 Å². The topological polar surface area (TPSA) is 80.3 Å². The summed E-state index contributed by atoms with van der Waals surface area (Å²) < 4.78 is 0. The van der Waals surface area contributed by atoms with Crippen LogP contribution >= 0.6 is 0 Å². The van der Waals surface area contributed by atoms with Gasteiger partial charge in [0, 0.05) is 5.41 Å². The van der Waals surface area contributed by atoms with E-state index < -0.39 is 23.3 Å². The van der Waals surface area contributed by atoms with E-state index in [1.54, 1.807) is 6.92 Å². The van der Waals surface area contributed by atoms with Crippen molar-refractivity contribution in [2.24, 2.45) is 11.3 Å². The molecule has 4 nitrogen and oxygen atoms in total. The molecule has 0 heterocycles. The second-order valence-electron chi connectivity index (χ2n) is 3.47. The van der Waals surface area contributed by atoms with Crippen LogP contribution < -0.4 is 58.6 Å². The molecule has 76 valence electrons. The van der Waals surface area contributed by atoms with Crippen LogP contribution in [0.3, 0.4) is 0 Å². The molecule has 0 radical (unpaired) electrons. The Balaban J connectivity index is -0.000000720. The summed E-state index contributed by atoms with van der Waals surface area (Å²) in [4.78, 5) is 21.3. The van der Waals surface area contributed by atoms with Gasteiger partial charge in [-0.05, 0) is 19.3 Å². The van der Waals surface area contributed by atoms with Gasteiger partial charge in [0.25, 0.3) is 0 Å². The first kappa shape index (κ1) is 20.9. The van der Waals surface area contributed by atoms with Crippen LogP contribution in [-0.4, -0.2) is 11.9 Å². The summed E-state index contributed by atoms with van der Waals surface area (Å²) in [7, 11) is 0. The molecule has 1 atom stereocenters. The molecule has 1 unspecified atom stereocenters. The van der Waals surface area contributed by atoms with Gasteiger partial charge in [0.1, 0.15) is 0 Å². The van der Waals surface area contributed by atoms with Gasteiger partial charge >= 0.3 is 48.4 Å². The molecule has 0 amide bonds. The number of aliphatic carboxylic acids is 2. The van der Waals surface area contributed by atoms with Gasteiger partial charge in [0.05, 0.1) is 11.9 Å². The van der Waals surface area contributed by atoms with Gasteiger partial charge in [-0.2, -0.15) is 0 Å². The Kier molecular flexibility index (Phi) is 12.1. The molecule has 0 rings (SSSR count). The monoisotopic (exact) mass is 216 g/mol. The largest absolute Gasteiger partial charge is 1.00 e. The molecule has 0 bridgehead atoms. The first-order chi connectivity index (χ1) is 5.87. The maximum Gasteiger partial charge on any atom is 1.00 e. The van der Waals surface area contributed by atoms with Crippen molar-refractivity contribution in [3.05, 3.63) is 0 Å². The first-order valence-corrected chi connectivity index (χ1v) is 4.30. The van der Waals surface area contributed by atoms with Gasteiger partial charge in [-0.1, -0.05) is 20.3 Å². The summed E-state index contributed by atoms with van der Waals surface area (Å²) in [5, 5.41) is 21.3. The van der Waals surface area contributed by atoms with Crippen LogP contribution in [0.15, 0.2) is 0 Å². The van der Waals surface area contributed by atoms with Crippen LogP contribution in [-0.2, 0) is 9.59 Å². The molecule has 0 aromatic rings. The summed E-state index contributed by atoms with van der Waals surface area (Å²) in [5.74, 6) is -3.63. The number of carboxylic acids is 2. The predicted octanol–water partition coefficient (Wildman–Crippen LogP) is -7.06. The Morgan fingerprint density at radius 1 is 1.27 bits per heavy atom. The third-order valence-electron chi connectivity index (χ3n) is 2.56. The van der Waals surface area contributed by atoms with Gasteiger partial charge < -0.3 is 19.8 Å². The zero-order valence-corrected chi connectivity index (χ0v) is 12.1. The molecule has 0 spiro atoms. The third kappa shape index (κ3) is 4.93. The Hall–Kier alpha value is 0.537. The van der Waals surface area contributed by atoms with Gasteiger partial charge in [-0.25, -0.2) is 0 Å². The molecule has 6 heteroatoms. The van der Waals surface area contributed by atoms with Crippen LogP contribution in [0.4, 0.5) is 0 Å². The molecule has 0 saturated carbocycles. The van der Waals surface area contributed by atoms with Gasteiger partial charge in [-0.3, -0.25) is 0 Å². The summed E-state index contributed by atoms with van der Waals surface area (Å²) in [6, 6.07) is 0. The molecule has 0 aromatic heterocycles. The second-order valence-corrected chi connectivity index (χ2v) is 3.47. The predicted molar refractivity (Wildman–Crippen MR) is 42.2 cm³/mol. The van der Waals surface area contributed by atoms with Crippen molar-refractivity contribution in [3.8, 4) is 0 Å². The molecule has 0 aliphatic heterocycles. The Labute approximate surface area is 124 Å². The van der Waals surface area contributed by atoms with Crippen LogP contribution in [0.25, 0.3) is 0 Å². The average Bonchev–Trinajstić information content (AvgIpc) is 2.02. The van der Waals surface area contributed by atoms with E-state index >= 15 is 0 Å². The maximum absolute atomic E-state index is 10.6. The van der Waals surface area contributed by atoms with Gasteiger partial charge in [0.2, 0.25) is 0 Å². The Bertz CT molecular complexity index is 206. The van der Waals surface area contributed by atoms with E-state index in [9.17, 15) is 19.8 Å². The van der Waals surface area contributed by atoms with Crippen molar-refractivity contribution >= 4 is 11.9 Å². The van der Waals surface area contributed by atoms with Crippen molar-refractivity contribution < 1.29 is 68.2 Å². The summed E-state index contributed by atoms with van der Waals surface area (Å²) in [5.41, 5.74) is -1.88. The second kappa shape index (κ2) is 8.66. The molecule has 15 heavy (non-hydrogen) atoms. The van der Waals surface area contributed by atoms with Crippen molar-refractivity contribution in [2.45, 2.75) is 33.6 Å². The van der Waals surface area contributed by atoms with E-state index in [0.717, 1.165) is 13.3 Å². The maximum atomic E-state index is 10.6. The third-order valence-corrected chi connectivity index (χ3v) is 2.56. The first-order valence-electron chi connectivity index (χ1n) is 4.30. The Morgan fingerprint density at radius 3 is 1.80 bits per heavy atom. The molecule has 0 aliphatic rings. The molecular formula is C9H14LiNaO4. The summed E-state index contributed by atoms with van der Waals surface area (Å²) >= 11 is 0. The minimum atomic E-state index is -1.88. The summed E-state index contributed by atoms with van der Waals surface area (Å²) in [6.45, 7) is 4.58. The van der Waals surface area contributed by atoms with Gasteiger partial charge in [0.15, 0.2) is 0 Å². The SMILES string of the molecule is CCCC(C)C(C)(C(=O)[O-])C(=O)[O-].[Li+].[Na+]. The molecule has 0 aliphatic carbocycles. The van der Waals surface area contributed by atoms with Crippen LogP contribution in [0, 0.1) is 11.3 Å². The molecule has 0 saturated heterocycles. The minimum Gasteiger partial charge on any atom is -0.549 e. The number of carbonyl (C=O) groups excluding carboxylic acids is 2. The standard InChI is InChI=1S/C9H16O4.Li.Na/c1-4-5-6(2)9(3,7(10)11)8(12)13;;/h6H,4-5H2,1-3H3,(H,10,11)(H,12,13);;/q;2*+1/p-2. The van der Waals surface area contributed by atoms with E-state index in [1.165, 1.54) is 0 Å². The smallest absolute Gasteiger partial charge is 0.549 e. The van der Waals surface area contributed by atoms with E-state index in [2.05, 4.69) is 0 Å². The zero-order valence-electron chi connectivity index (χ0n) is 10.1. The van der Waals surface area contributed by atoms with Crippen LogP contribution in [0.2, 0.25) is 0 Å². The van der Waals surface area contributed by atoms with Crippen molar-refractivity contribution in [2.75, 3.05) is 0 Å². The van der Waals surface area contributed by atoms with Crippen LogP contribution in [0.5, 0.6) is 0 Å². The number of hydrogen-bond donors (Lipinski definition) is 0. The van der Waals surface area contributed by atoms with Crippen molar-refractivity contribution in [3.63, 3.8) is 0 Å². The van der Waals surface area contributed by atoms with Crippen molar-refractivity contribution in [1.29, 1.82) is 0 Å². The fourth-order valence-corrected chi connectivity index (χ4v) is 1.21. The summed E-state index contributed by atoms with van der Waals surface area (Å²) in [6.07, 6.45) is 1.26. The number of carbonyl (C=O) groups is 2. The fourth-order valence-electron chi connectivity index (χ4n) is 1.21. The number of carboxylic acid groups (broad SMARTS) is 2. The molecule has 0 aromatic carbocycles. The molecule has 0 N–H and O–H groups in total. The van der Waals surface area contributed by atoms with E-state index in [1.807, 2.05) is 6.92 Å². The number of hydrogen-bond acceptors (Lipinski definition) is 4. The quantitative estimate of drug-likeness (QED) is 0.338. The minimum absolute atomic E-state index is 0. The molecular weight excluding hydrogens is 202 g/mol. The van der Waals surface area contributed by atoms with Crippen molar-refractivity contribution in [1.82, 2.24) is 0 Å².